The standard InChI is InChI=1S/C36H29ClIN3O4S/c1-21-13-15-24(16-14-21)32-31(34(42)40-26-10-5-4-6-11-26)22(2)39-36-41(32)35(43)30(46-36)19-23-17-28(38)33(29(18-23)44-3)45-20-25-9-7-8-12-27(25)37/h4-19,32H,20H2,1-3H3,(H,40,42)/b30-19-/t32-/m0/s1. The Morgan fingerprint density at radius 3 is 2.48 bits per heavy atom. The lowest BCUT2D eigenvalue weighted by molar-refractivity contribution is -0.113. The van der Waals surface area contributed by atoms with Crippen LogP contribution >= 0.6 is 45.5 Å². The third kappa shape index (κ3) is 6.53. The number of carbonyl (C=O) groups is 1. The van der Waals surface area contributed by atoms with E-state index in [1.807, 2.05) is 111 Å². The van der Waals surface area contributed by atoms with Gasteiger partial charge in [0, 0.05) is 16.3 Å². The van der Waals surface area contributed by atoms with Crippen LogP contribution in [0.2, 0.25) is 5.02 Å². The first-order chi connectivity index (χ1) is 22.2. The number of aryl methyl sites for hydroxylation is 1. The summed E-state index contributed by atoms with van der Waals surface area (Å²) in [5, 5.41) is 3.62. The van der Waals surface area contributed by atoms with Crippen LogP contribution in [0.3, 0.4) is 0 Å². The molecule has 1 amide bonds. The zero-order valence-corrected chi connectivity index (χ0v) is 28.9. The Bertz CT molecular complexity index is 2160. The number of hydrogen-bond acceptors (Lipinski definition) is 6. The molecular formula is C36H29ClIN3O4S. The van der Waals surface area contributed by atoms with Gasteiger partial charge in [-0.2, -0.15) is 0 Å². The van der Waals surface area contributed by atoms with Gasteiger partial charge in [0.25, 0.3) is 11.5 Å². The number of carbonyl (C=O) groups excluding carboxylic acids is 1. The van der Waals surface area contributed by atoms with Crippen molar-refractivity contribution in [2.24, 2.45) is 4.99 Å². The predicted octanol–water partition coefficient (Wildman–Crippen LogP) is 7.03. The second-order valence-corrected chi connectivity index (χ2v) is 13.3. The van der Waals surface area contributed by atoms with Crippen LogP contribution in [0, 0.1) is 10.5 Å². The topological polar surface area (TPSA) is 81.9 Å². The number of para-hydroxylation sites is 1. The summed E-state index contributed by atoms with van der Waals surface area (Å²) in [6.07, 6.45) is 1.82. The molecule has 1 atom stereocenters. The summed E-state index contributed by atoms with van der Waals surface area (Å²) in [5.41, 5.74) is 4.93. The molecule has 10 heteroatoms. The van der Waals surface area contributed by atoms with Gasteiger partial charge in [0.1, 0.15) is 6.61 Å². The summed E-state index contributed by atoms with van der Waals surface area (Å²) < 4.78 is 14.7. The Labute approximate surface area is 288 Å². The number of aromatic nitrogens is 1. The number of ether oxygens (including phenoxy) is 2. The fourth-order valence-corrected chi connectivity index (χ4v) is 7.29. The van der Waals surface area contributed by atoms with Crippen molar-refractivity contribution in [2.75, 3.05) is 12.4 Å². The molecule has 0 radical (unpaired) electrons. The van der Waals surface area contributed by atoms with Crippen LogP contribution in [0.25, 0.3) is 6.08 Å². The van der Waals surface area contributed by atoms with Crippen LogP contribution in [0.1, 0.15) is 35.2 Å². The summed E-state index contributed by atoms with van der Waals surface area (Å²) in [7, 11) is 1.58. The maximum atomic E-state index is 14.2. The number of benzene rings is 4. The highest BCUT2D eigenvalue weighted by Gasteiger charge is 2.32. The number of rotatable bonds is 8. The minimum Gasteiger partial charge on any atom is -0.493 e. The quantitative estimate of drug-likeness (QED) is 0.172. The molecule has 1 aliphatic heterocycles. The van der Waals surface area contributed by atoms with Crippen molar-refractivity contribution < 1.29 is 14.3 Å². The van der Waals surface area contributed by atoms with E-state index in [9.17, 15) is 9.59 Å². The number of allylic oxidation sites excluding steroid dienone is 1. The first-order valence-electron chi connectivity index (χ1n) is 14.4. The van der Waals surface area contributed by atoms with Crippen LogP contribution < -0.4 is 29.7 Å². The molecule has 0 aliphatic carbocycles. The maximum absolute atomic E-state index is 14.2. The van der Waals surface area contributed by atoms with E-state index in [-0.39, 0.29) is 18.1 Å². The van der Waals surface area contributed by atoms with E-state index in [2.05, 4.69) is 27.9 Å². The smallest absolute Gasteiger partial charge is 0.271 e. The van der Waals surface area contributed by atoms with Gasteiger partial charge in [-0.25, -0.2) is 4.99 Å². The Balaban J connectivity index is 1.40. The summed E-state index contributed by atoms with van der Waals surface area (Å²) in [4.78, 5) is 33.2. The SMILES string of the molecule is COc1cc(/C=c2\sc3n(c2=O)[C@@H](c2ccc(C)cc2)C(C(=O)Nc2ccccc2)=C(C)N=3)cc(I)c1OCc1ccccc1Cl. The molecule has 0 spiro atoms. The summed E-state index contributed by atoms with van der Waals surface area (Å²) >= 11 is 9.81. The zero-order valence-electron chi connectivity index (χ0n) is 25.2. The van der Waals surface area contributed by atoms with Crippen LogP contribution in [-0.4, -0.2) is 17.6 Å². The van der Waals surface area contributed by atoms with Gasteiger partial charge in [-0.3, -0.25) is 14.2 Å². The number of nitrogens with zero attached hydrogens (tertiary/aromatic N) is 2. The van der Waals surface area contributed by atoms with Crippen LogP contribution in [0.4, 0.5) is 5.69 Å². The molecule has 5 aromatic rings. The second kappa shape index (κ2) is 13.7. The average Bonchev–Trinajstić information content (AvgIpc) is 3.34. The van der Waals surface area contributed by atoms with Crippen molar-refractivity contribution in [3.8, 4) is 11.5 Å². The number of methoxy groups -OCH3 is 1. The molecule has 0 bridgehead atoms. The van der Waals surface area contributed by atoms with E-state index < -0.39 is 6.04 Å². The molecule has 1 aromatic heterocycles. The molecule has 232 valence electrons. The highest BCUT2D eigenvalue weighted by Crippen LogP contribution is 2.35. The molecule has 4 aromatic carbocycles. The van der Waals surface area contributed by atoms with Crippen molar-refractivity contribution in [2.45, 2.75) is 26.5 Å². The lowest BCUT2D eigenvalue weighted by Gasteiger charge is -2.25. The monoisotopic (exact) mass is 761 g/mol. The van der Waals surface area contributed by atoms with E-state index in [0.29, 0.717) is 42.8 Å². The van der Waals surface area contributed by atoms with Gasteiger partial charge in [-0.05, 0) is 84.0 Å². The minimum atomic E-state index is -0.655. The van der Waals surface area contributed by atoms with Crippen molar-refractivity contribution >= 4 is 63.2 Å². The van der Waals surface area contributed by atoms with Gasteiger partial charge in [-0.15, -0.1) is 0 Å². The Hall–Kier alpha value is -4.19. The normalized spacial score (nSPS) is 14.5. The molecule has 0 unspecified atom stereocenters. The number of nitrogens with one attached hydrogen (secondary N) is 1. The fraction of sp³-hybridized carbons (Fsp3) is 0.139. The average molecular weight is 762 g/mol. The van der Waals surface area contributed by atoms with Crippen molar-refractivity contribution in [3.05, 3.63) is 153 Å². The molecular weight excluding hydrogens is 733 g/mol. The maximum Gasteiger partial charge on any atom is 0.271 e. The van der Waals surface area contributed by atoms with Gasteiger partial charge in [-0.1, -0.05) is 89.2 Å². The van der Waals surface area contributed by atoms with E-state index >= 15 is 0 Å². The van der Waals surface area contributed by atoms with Gasteiger partial charge in [0.2, 0.25) is 0 Å². The lowest BCUT2D eigenvalue weighted by Crippen LogP contribution is -2.40. The van der Waals surface area contributed by atoms with Gasteiger partial charge < -0.3 is 14.8 Å². The largest absolute Gasteiger partial charge is 0.493 e. The fourth-order valence-electron chi connectivity index (χ4n) is 5.28. The second-order valence-electron chi connectivity index (χ2n) is 10.7. The van der Waals surface area contributed by atoms with Crippen molar-refractivity contribution in [1.29, 1.82) is 0 Å². The molecule has 0 fully saturated rings. The van der Waals surface area contributed by atoms with E-state index in [4.69, 9.17) is 26.1 Å². The number of thiazole rings is 1. The molecule has 1 N–H and O–H groups in total. The Morgan fingerprint density at radius 2 is 1.76 bits per heavy atom. The summed E-state index contributed by atoms with van der Waals surface area (Å²) in [5.74, 6) is 0.816. The van der Waals surface area contributed by atoms with Crippen molar-refractivity contribution in [3.63, 3.8) is 0 Å². The van der Waals surface area contributed by atoms with Gasteiger partial charge in [0.05, 0.1) is 32.5 Å². The van der Waals surface area contributed by atoms with Crippen LogP contribution in [-0.2, 0) is 11.4 Å². The Morgan fingerprint density at radius 1 is 1.04 bits per heavy atom. The third-order valence-corrected chi connectivity index (χ3v) is 9.72. The van der Waals surface area contributed by atoms with E-state index in [0.717, 1.165) is 25.8 Å². The molecule has 46 heavy (non-hydrogen) atoms. The number of amides is 1. The third-order valence-electron chi connectivity index (χ3n) is 7.57. The first kappa shape index (κ1) is 31.8. The highest BCUT2D eigenvalue weighted by molar-refractivity contribution is 14.1. The summed E-state index contributed by atoms with van der Waals surface area (Å²) in [6.45, 7) is 4.09. The summed E-state index contributed by atoms with van der Waals surface area (Å²) in [6, 6.07) is 27.8. The van der Waals surface area contributed by atoms with E-state index in [1.54, 1.807) is 11.7 Å². The molecule has 6 rings (SSSR count). The first-order valence-corrected chi connectivity index (χ1v) is 16.7. The molecule has 0 saturated carbocycles. The molecule has 0 saturated heterocycles. The van der Waals surface area contributed by atoms with E-state index in [1.165, 1.54) is 11.3 Å². The van der Waals surface area contributed by atoms with Gasteiger partial charge in [0.15, 0.2) is 16.3 Å². The Kier molecular flexibility index (Phi) is 9.44. The number of halogens is 2. The van der Waals surface area contributed by atoms with Crippen LogP contribution in [0.15, 0.2) is 112 Å². The molecule has 7 nitrogen and oxygen atoms in total. The number of hydrogen-bond donors (Lipinski definition) is 1. The van der Waals surface area contributed by atoms with Crippen molar-refractivity contribution in [1.82, 2.24) is 4.57 Å². The predicted molar refractivity (Wildman–Crippen MR) is 192 cm³/mol. The molecule has 1 aliphatic rings. The van der Waals surface area contributed by atoms with Crippen LogP contribution in [0.5, 0.6) is 11.5 Å². The zero-order chi connectivity index (χ0) is 32.4. The number of anilines is 1. The lowest BCUT2D eigenvalue weighted by atomic mass is 9.94. The van der Waals surface area contributed by atoms with Gasteiger partial charge >= 0.3 is 0 Å². The minimum absolute atomic E-state index is 0.236. The molecule has 2 heterocycles. The highest BCUT2D eigenvalue weighted by atomic mass is 127. The number of fused-ring (bicyclic) bond motifs is 1.